The number of piperazine rings is 1. The van der Waals surface area contributed by atoms with Crippen LogP contribution in [0.4, 0.5) is 0 Å². The van der Waals surface area contributed by atoms with Crippen molar-refractivity contribution in [3.8, 4) is 0 Å². The summed E-state index contributed by atoms with van der Waals surface area (Å²) in [7, 11) is -3.68. The van der Waals surface area contributed by atoms with Crippen LogP contribution in [0.15, 0.2) is 34.3 Å². The first kappa shape index (κ1) is 12.9. The molecule has 2 aliphatic rings. The van der Waals surface area contributed by atoms with Crippen LogP contribution in [0.1, 0.15) is 0 Å². The Bertz CT molecular complexity index is 562. The van der Waals surface area contributed by atoms with E-state index in [9.17, 15) is 8.42 Å². The van der Waals surface area contributed by atoms with Crippen molar-refractivity contribution in [2.75, 3.05) is 26.2 Å². The van der Waals surface area contributed by atoms with Crippen LogP contribution in [0.5, 0.6) is 0 Å². The van der Waals surface area contributed by atoms with Crippen molar-refractivity contribution >= 4 is 21.8 Å². The summed E-state index contributed by atoms with van der Waals surface area (Å²) in [6.07, 6.45) is 6.43. The minimum Gasteiger partial charge on any atom is -0.763 e. The predicted molar refractivity (Wildman–Crippen MR) is 69.7 cm³/mol. The maximum absolute atomic E-state index is 12.1. The van der Waals surface area contributed by atoms with Crippen molar-refractivity contribution in [2.45, 2.75) is 0 Å². The van der Waals surface area contributed by atoms with E-state index < -0.39 is 10.2 Å². The molecule has 1 fully saturated rings. The number of rotatable bonds is 2. The number of allylic oxidation sites excluding steroid dienone is 5. The quantitative estimate of drug-likeness (QED) is 0.639. The Kier molecular flexibility index (Phi) is 3.88. The van der Waals surface area contributed by atoms with Crippen LogP contribution in [0, 0.1) is 0 Å². The van der Waals surface area contributed by atoms with Crippen LogP contribution in [0.25, 0.3) is 5.41 Å². The first-order valence-corrected chi connectivity index (χ1v) is 7.07. The van der Waals surface area contributed by atoms with Gasteiger partial charge in [0.1, 0.15) is 0 Å². The van der Waals surface area contributed by atoms with Crippen LogP contribution in [-0.2, 0) is 10.2 Å². The van der Waals surface area contributed by atoms with Crippen LogP contribution >= 0.6 is 0 Å². The highest BCUT2D eigenvalue weighted by Gasteiger charge is 2.25. The Balaban J connectivity index is 2.28. The van der Waals surface area contributed by atoms with E-state index in [0.29, 0.717) is 13.1 Å². The SMILES string of the molecule is [N-]=C=C1C=CC=C/C1=N/S(=O)(=O)N1CC[NH2+]CC1. The first-order valence-electron chi connectivity index (χ1n) is 5.67. The zero-order chi connectivity index (χ0) is 13.0. The van der Waals surface area contributed by atoms with Crippen molar-refractivity contribution < 1.29 is 13.7 Å². The number of nitrogens with zero attached hydrogens (tertiary/aromatic N) is 3. The van der Waals surface area contributed by atoms with Crippen LogP contribution in [0.2, 0.25) is 0 Å². The Morgan fingerprint density at radius 3 is 2.61 bits per heavy atom. The summed E-state index contributed by atoms with van der Waals surface area (Å²) in [5, 5.41) is 11.0. The van der Waals surface area contributed by atoms with Gasteiger partial charge < -0.3 is 10.7 Å². The Morgan fingerprint density at radius 1 is 1.28 bits per heavy atom. The Hall–Kier alpha value is -1.53. The second-order valence-electron chi connectivity index (χ2n) is 3.96. The van der Waals surface area contributed by atoms with E-state index in [-0.39, 0.29) is 11.3 Å². The van der Waals surface area contributed by atoms with E-state index in [1.807, 2.05) is 5.87 Å². The molecule has 0 atom stereocenters. The highest BCUT2D eigenvalue weighted by Crippen LogP contribution is 2.10. The van der Waals surface area contributed by atoms with Gasteiger partial charge in [-0.25, -0.2) is 0 Å². The number of hydrogen-bond acceptors (Lipinski definition) is 2. The molecule has 0 saturated carbocycles. The average molecular weight is 266 g/mol. The van der Waals surface area contributed by atoms with E-state index >= 15 is 0 Å². The van der Waals surface area contributed by atoms with Gasteiger partial charge >= 0.3 is 10.2 Å². The minimum atomic E-state index is -3.68. The molecular formula is C11H14N4O2S. The third kappa shape index (κ3) is 2.83. The maximum atomic E-state index is 12.1. The molecule has 2 N–H and O–H groups in total. The summed E-state index contributed by atoms with van der Waals surface area (Å²) in [6.45, 7) is 2.41. The van der Waals surface area contributed by atoms with Crippen molar-refractivity contribution in [1.29, 1.82) is 0 Å². The zero-order valence-corrected chi connectivity index (χ0v) is 10.6. The molecule has 0 aromatic rings. The maximum Gasteiger partial charge on any atom is 0.323 e. The summed E-state index contributed by atoms with van der Waals surface area (Å²) in [5.41, 5.74) is 0.471. The molecule has 2 rings (SSSR count). The summed E-state index contributed by atoms with van der Waals surface area (Å²) in [4.78, 5) is 0. The van der Waals surface area contributed by atoms with Gasteiger partial charge in [-0.3, -0.25) is 5.87 Å². The van der Waals surface area contributed by atoms with Crippen molar-refractivity contribution in [3.63, 3.8) is 0 Å². The fraction of sp³-hybridized carbons (Fsp3) is 0.364. The van der Waals surface area contributed by atoms with Crippen LogP contribution in [0.3, 0.4) is 0 Å². The molecule has 0 unspecified atom stereocenters. The van der Waals surface area contributed by atoms with E-state index in [0.717, 1.165) is 13.1 Å². The zero-order valence-electron chi connectivity index (χ0n) is 9.78. The molecule has 1 saturated heterocycles. The monoisotopic (exact) mass is 266 g/mol. The molecule has 0 aromatic heterocycles. The predicted octanol–water partition coefficient (Wildman–Crippen LogP) is -1.16. The molecular weight excluding hydrogens is 252 g/mol. The summed E-state index contributed by atoms with van der Waals surface area (Å²) in [5.74, 6) is 1.94. The summed E-state index contributed by atoms with van der Waals surface area (Å²) >= 11 is 0. The molecule has 1 heterocycles. The third-order valence-corrected chi connectivity index (χ3v) is 4.17. The van der Waals surface area contributed by atoms with Gasteiger partial charge in [0.2, 0.25) is 0 Å². The van der Waals surface area contributed by atoms with Crippen molar-refractivity contribution in [3.05, 3.63) is 35.3 Å². The fourth-order valence-corrected chi connectivity index (χ4v) is 2.98. The summed E-state index contributed by atoms with van der Waals surface area (Å²) < 4.78 is 29.2. The lowest BCUT2D eigenvalue weighted by atomic mass is 10.1. The van der Waals surface area contributed by atoms with Crippen molar-refractivity contribution in [1.82, 2.24) is 4.31 Å². The van der Waals surface area contributed by atoms with Gasteiger partial charge in [0.25, 0.3) is 0 Å². The highest BCUT2D eigenvalue weighted by molar-refractivity contribution is 7.88. The van der Waals surface area contributed by atoms with Gasteiger partial charge in [0, 0.05) is 5.57 Å². The molecule has 1 aliphatic heterocycles. The number of nitrogens with two attached hydrogens (primary N) is 1. The molecule has 0 aromatic carbocycles. The van der Waals surface area contributed by atoms with Gasteiger partial charge in [-0.15, -0.1) is 4.40 Å². The fourth-order valence-electron chi connectivity index (χ4n) is 1.79. The second kappa shape index (κ2) is 5.41. The first-order chi connectivity index (χ1) is 8.63. The summed E-state index contributed by atoms with van der Waals surface area (Å²) in [6, 6.07) is 0. The molecule has 0 bridgehead atoms. The van der Waals surface area contributed by atoms with Gasteiger partial charge in [-0.1, -0.05) is 12.2 Å². The molecule has 0 spiro atoms. The topological polar surface area (TPSA) is 88.6 Å². The average Bonchev–Trinajstić information content (AvgIpc) is 2.40. The standard InChI is InChI=1S/C11H13N4O2S/c12-9-10-3-1-2-4-11(10)14-18(16,17)15-7-5-13-6-8-15/h1-4,13H,5-8H2/q-1/p+1/b14-11-. The van der Waals surface area contributed by atoms with Gasteiger partial charge in [0.05, 0.1) is 31.9 Å². The number of hydrogen-bond donors (Lipinski definition) is 1. The number of quaternary nitrogens is 1. The van der Waals surface area contributed by atoms with Crippen molar-refractivity contribution in [2.24, 2.45) is 4.40 Å². The molecule has 1 aliphatic carbocycles. The van der Waals surface area contributed by atoms with Gasteiger partial charge in [-0.05, 0) is 12.2 Å². The largest absolute Gasteiger partial charge is 0.763 e. The molecule has 18 heavy (non-hydrogen) atoms. The third-order valence-electron chi connectivity index (χ3n) is 2.73. The Morgan fingerprint density at radius 2 is 1.94 bits per heavy atom. The molecule has 96 valence electrons. The minimum absolute atomic E-state index is 0.203. The second-order valence-corrected chi connectivity index (χ2v) is 5.56. The molecule has 0 radical (unpaired) electrons. The van der Waals surface area contributed by atoms with Gasteiger partial charge in [-0.2, -0.15) is 12.7 Å². The van der Waals surface area contributed by atoms with Crippen LogP contribution in [-0.4, -0.2) is 50.5 Å². The highest BCUT2D eigenvalue weighted by atomic mass is 32.2. The lowest BCUT2D eigenvalue weighted by molar-refractivity contribution is -0.661. The lowest BCUT2D eigenvalue weighted by Gasteiger charge is -2.22. The van der Waals surface area contributed by atoms with Crippen LogP contribution < -0.4 is 5.32 Å². The van der Waals surface area contributed by atoms with E-state index in [4.69, 9.17) is 5.41 Å². The molecule has 6 nitrogen and oxygen atoms in total. The van der Waals surface area contributed by atoms with E-state index in [1.54, 1.807) is 18.2 Å². The molecule has 0 amide bonds. The smallest absolute Gasteiger partial charge is 0.323 e. The van der Waals surface area contributed by atoms with E-state index in [1.165, 1.54) is 10.4 Å². The van der Waals surface area contributed by atoms with E-state index in [2.05, 4.69) is 9.71 Å². The van der Waals surface area contributed by atoms with Gasteiger partial charge in [0.15, 0.2) is 0 Å². The lowest BCUT2D eigenvalue weighted by Crippen LogP contribution is -2.89. The molecule has 7 heteroatoms. The Labute approximate surface area is 106 Å². The normalized spacial score (nSPS) is 23.3.